The van der Waals surface area contributed by atoms with E-state index in [1.165, 1.54) is 12.8 Å². The lowest BCUT2D eigenvalue weighted by Crippen LogP contribution is -2.32. The van der Waals surface area contributed by atoms with E-state index < -0.39 is 6.04 Å². The highest BCUT2D eigenvalue weighted by Crippen LogP contribution is 2.05. The van der Waals surface area contributed by atoms with Gasteiger partial charge in [0, 0.05) is 0 Å². The van der Waals surface area contributed by atoms with Gasteiger partial charge in [0.05, 0.1) is 6.61 Å². The molecule has 13 heavy (non-hydrogen) atoms. The van der Waals surface area contributed by atoms with Crippen molar-refractivity contribution in [2.45, 2.75) is 52.0 Å². The maximum Gasteiger partial charge on any atom is 0.322 e. The van der Waals surface area contributed by atoms with Crippen LogP contribution in [0.2, 0.25) is 0 Å². The lowest BCUT2D eigenvalue weighted by Gasteiger charge is -2.09. The quantitative estimate of drug-likeness (QED) is 0.489. The Kier molecular flexibility index (Phi) is 7.69. The molecule has 0 aliphatic carbocycles. The van der Waals surface area contributed by atoms with E-state index in [1.54, 1.807) is 6.92 Å². The zero-order valence-electron chi connectivity index (χ0n) is 8.71. The molecule has 0 rings (SSSR count). The number of unbranched alkanes of at least 4 members (excludes halogenated alkanes) is 3. The fraction of sp³-hybridized carbons (Fsp3) is 0.900. The van der Waals surface area contributed by atoms with E-state index in [-0.39, 0.29) is 5.97 Å². The van der Waals surface area contributed by atoms with Crippen molar-refractivity contribution >= 4 is 5.97 Å². The summed E-state index contributed by atoms with van der Waals surface area (Å²) >= 11 is 0. The molecule has 0 aromatic carbocycles. The molecule has 0 aromatic rings. The van der Waals surface area contributed by atoms with Crippen LogP contribution in [-0.2, 0) is 9.53 Å². The Morgan fingerprint density at radius 1 is 1.31 bits per heavy atom. The van der Waals surface area contributed by atoms with Crippen molar-refractivity contribution in [1.82, 2.24) is 0 Å². The summed E-state index contributed by atoms with van der Waals surface area (Å²) in [5, 5.41) is 0. The first-order valence-corrected chi connectivity index (χ1v) is 5.14. The van der Waals surface area contributed by atoms with Gasteiger partial charge in [-0.1, -0.05) is 32.6 Å². The summed E-state index contributed by atoms with van der Waals surface area (Å²) in [5.74, 6) is -0.265. The van der Waals surface area contributed by atoms with Crippen LogP contribution in [0.25, 0.3) is 0 Å². The Hall–Kier alpha value is -0.570. The molecule has 0 heterocycles. The Morgan fingerprint density at radius 3 is 2.54 bits per heavy atom. The second-order valence-electron chi connectivity index (χ2n) is 3.21. The average molecular weight is 187 g/mol. The first-order chi connectivity index (χ1) is 6.22. The van der Waals surface area contributed by atoms with E-state index in [0.29, 0.717) is 6.61 Å². The highest BCUT2D eigenvalue weighted by molar-refractivity contribution is 5.75. The molecule has 3 nitrogen and oxygen atoms in total. The lowest BCUT2D eigenvalue weighted by atomic mass is 10.1. The second-order valence-corrected chi connectivity index (χ2v) is 3.21. The summed E-state index contributed by atoms with van der Waals surface area (Å²) in [4.78, 5) is 11.1. The number of ether oxygens (including phenoxy) is 1. The first-order valence-electron chi connectivity index (χ1n) is 5.14. The van der Waals surface area contributed by atoms with Gasteiger partial charge in [0.15, 0.2) is 0 Å². The molecule has 0 aliphatic rings. The zero-order valence-corrected chi connectivity index (χ0v) is 8.71. The minimum atomic E-state index is -0.420. The van der Waals surface area contributed by atoms with Crippen LogP contribution in [0.5, 0.6) is 0 Å². The van der Waals surface area contributed by atoms with Crippen LogP contribution in [0.15, 0.2) is 0 Å². The summed E-state index contributed by atoms with van der Waals surface area (Å²) in [5.41, 5.74) is 5.61. The van der Waals surface area contributed by atoms with E-state index in [0.717, 1.165) is 19.3 Å². The van der Waals surface area contributed by atoms with Crippen molar-refractivity contribution in [3.8, 4) is 0 Å². The van der Waals surface area contributed by atoms with Crippen molar-refractivity contribution in [2.75, 3.05) is 6.61 Å². The molecule has 1 unspecified atom stereocenters. The lowest BCUT2D eigenvalue weighted by molar-refractivity contribution is -0.144. The van der Waals surface area contributed by atoms with Gasteiger partial charge in [-0.3, -0.25) is 4.79 Å². The standard InChI is InChI=1S/C10H21NO2/c1-3-5-6-7-8-9(11)10(12)13-4-2/h9H,3-8,11H2,1-2H3. The van der Waals surface area contributed by atoms with Gasteiger partial charge in [-0.25, -0.2) is 0 Å². The number of esters is 1. The number of carbonyl (C=O) groups is 1. The summed E-state index contributed by atoms with van der Waals surface area (Å²) in [6, 6.07) is -0.420. The summed E-state index contributed by atoms with van der Waals surface area (Å²) in [7, 11) is 0. The van der Waals surface area contributed by atoms with Gasteiger partial charge in [-0.05, 0) is 13.3 Å². The maximum atomic E-state index is 11.1. The number of nitrogens with two attached hydrogens (primary N) is 1. The maximum absolute atomic E-state index is 11.1. The summed E-state index contributed by atoms with van der Waals surface area (Å²) < 4.78 is 4.80. The van der Waals surface area contributed by atoms with Gasteiger partial charge < -0.3 is 10.5 Å². The topological polar surface area (TPSA) is 52.3 Å². The van der Waals surface area contributed by atoms with Crippen molar-refractivity contribution < 1.29 is 9.53 Å². The molecule has 0 aromatic heterocycles. The first kappa shape index (κ1) is 12.4. The molecule has 2 N–H and O–H groups in total. The largest absolute Gasteiger partial charge is 0.465 e. The monoisotopic (exact) mass is 187 g/mol. The van der Waals surface area contributed by atoms with Crippen LogP contribution in [-0.4, -0.2) is 18.6 Å². The SMILES string of the molecule is CCCCCCC(N)C(=O)OCC. The van der Waals surface area contributed by atoms with Crippen LogP contribution in [0.4, 0.5) is 0 Å². The molecule has 0 bridgehead atoms. The molecular formula is C10H21NO2. The van der Waals surface area contributed by atoms with Crippen LogP contribution in [0.1, 0.15) is 46.0 Å². The van der Waals surface area contributed by atoms with E-state index in [4.69, 9.17) is 10.5 Å². The van der Waals surface area contributed by atoms with Crippen LogP contribution < -0.4 is 5.73 Å². The van der Waals surface area contributed by atoms with E-state index in [1.807, 2.05) is 0 Å². The molecule has 0 fully saturated rings. The number of hydrogen-bond donors (Lipinski definition) is 1. The van der Waals surface area contributed by atoms with Crippen molar-refractivity contribution in [3.05, 3.63) is 0 Å². The molecule has 0 saturated carbocycles. The smallest absolute Gasteiger partial charge is 0.322 e. The van der Waals surface area contributed by atoms with Crippen molar-refractivity contribution in [1.29, 1.82) is 0 Å². The molecule has 0 amide bonds. The third-order valence-electron chi connectivity index (χ3n) is 1.96. The van der Waals surface area contributed by atoms with Crippen LogP contribution in [0, 0.1) is 0 Å². The van der Waals surface area contributed by atoms with E-state index in [9.17, 15) is 4.79 Å². The van der Waals surface area contributed by atoms with Gasteiger partial charge in [-0.2, -0.15) is 0 Å². The van der Waals surface area contributed by atoms with E-state index in [2.05, 4.69) is 6.92 Å². The molecule has 0 saturated heterocycles. The Bertz CT molecular complexity index is 137. The predicted octanol–water partition coefficient (Wildman–Crippen LogP) is 1.85. The Labute approximate surface area is 80.6 Å². The summed E-state index contributed by atoms with van der Waals surface area (Å²) in [6.45, 7) is 4.37. The average Bonchev–Trinajstić information content (AvgIpc) is 2.12. The van der Waals surface area contributed by atoms with Gasteiger partial charge in [0.1, 0.15) is 6.04 Å². The molecule has 78 valence electrons. The third-order valence-corrected chi connectivity index (χ3v) is 1.96. The molecular weight excluding hydrogens is 166 g/mol. The van der Waals surface area contributed by atoms with E-state index >= 15 is 0 Å². The molecule has 0 aliphatic heterocycles. The Morgan fingerprint density at radius 2 is 2.00 bits per heavy atom. The highest BCUT2D eigenvalue weighted by atomic mass is 16.5. The zero-order chi connectivity index (χ0) is 10.1. The number of hydrogen-bond acceptors (Lipinski definition) is 3. The van der Waals surface area contributed by atoms with Gasteiger partial charge in [0.2, 0.25) is 0 Å². The highest BCUT2D eigenvalue weighted by Gasteiger charge is 2.12. The number of rotatable bonds is 7. The van der Waals surface area contributed by atoms with Crippen molar-refractivity contribution in [2.24, 2.45) is 5.73 Å². The van der Waals surface area contributed by atoms with Crippen molar-refractivity contribution in [3.63, 3.8) is 0 Å². The minimum absolute atomic E-state index is 0.265. The molecule has 3 heteroatoms. The molecule has 1 atom stereocenters. The third kappa shape index (κ3) is 6.58. The minimum Gasteiger partial charge on any atom is -0.465 e. The van der Waals surface area contributed by atoms with Gasteiger partial charge in [0.25, 0.3) is 0 Å². The fourth-order valence-corrected chi connectivity index (χ4v) is 1.16. The molecule has 0 radical (unpaired) electrons. The fourth-order valence-electron chi connectivity index (χ4n) is 1.16. The summed E-state index contributed by atoms with van der Waals surface area (Å²) in [6.07, 6.45) is 5.35. The second kappa shape index (κ2) is 8.05. The van der Waals surface area contributed by atoms with Crippen LogP contribution >= 0.6 is 0 Å². The number of carbonyl (C=O) groups excluding carboxylic acids is 1. The normalized spacial score (nSPS) is 12.5. The van der Waals surface area contributed by atoms with Gasteiger partial charge in [-0.15, -0.1) is 0 Å². The van der Waals surface area contributed by atoms with Crippen LogP contribution in [0.3, 0.4) is 0 Å². The molecule has 0 spiro atoms. The predicted molar refractivity (Wildman–Crippen MR) is 53.4 cm³/mol. The Balaban J connectivity index is 3.38. The van der Waals surface area contributed by atoms with Gasteiger partial charge >= 0.3 is 5.97 Å².